The van der Waals surface area contributed by atoms with Crippen LogP contribution in [0.5, 0.6) is 0 Å². The van der Waals surface area contributed by atoms with Crippen molar-refractivity contribution in [2.24, 2.45) is 11.7 Å². The number of carbonyl (C=O) groups excluding carboxylic acids is 2. The van der Waals surface area contributed by atoms with Gasteiger partial charge in [-0.3, -0.25) is 10.2 Å². The third-order valence-electron chi connectivity index (χ3n) is 7.43. The van der Waals surface area contributed by atoms with Gasteiger partial charge in [0.2, 0.25) is 0 Å². The van der Waals surface area contributed by atoms with Gasteiger partial charge in [-0.05, 0) is 70.2 Å². The van der Waals surface area contributed by atoms with Crippen molar-refractivity contribution >= 4 is 44.3 Å². The molecule has 42 heavy (non-hydrogen) atoms. The van der Waals surface area contributed by atoms with E-state index in [0.29, 0.717) is 42.0 Å². The average molecular weight is 597 g/mol. The van der Waals surface area contributed by atoms with Gasteiger partial charge in [0, 0.05) is 37.1 Å². The van der Waals surface area contributed by atoms with E-state index in [0.717, 1.165) is 19.3 Å². The van der Waals surface area contributed by atoms with Crippen LogP contribution in [0.3, 0.4) is 0 Å². The van der Waals surface area contributed by atoms with Crippen LogP contribution >= 0.6 is 0 Å². The molecule has 3 aromatic rings. The van der Waals surface area contributed by atoms with E-state index in [1.165, 1.54) is 0 Å². The van der Waals surface area contributed by atoms with Gasteiger partial charge in [-0.2, -0.15) is 0 Å². The molecule has 0 radical (unpaired) electrons. The van der Waals surface area contributed by atoms with Crippen LogP contribution in [0.1, 0.15) is 56.1 Å². The average Bonchev–Trinajstić information content (AvgIpc) is 3.22. The number of nitrogen functional groups attached to an aromatic ring is 2. The van der Waals surface area contributed by atoms with Crippen LogP contribution in [0.15, 0.2) is 53.4 Å². The number of ether oxygens (including phenoxy) is 1. The highest BCUT2D eigenvalue weighted by molar-refractivity contribution is 7.91. The molecule has 4 rings (SSSR count). The first-order valence-corrected chi connectivity index (χ1v) is 15.7. The number of benzene rings is 2. The third-order valence-corrected chi connectivity index (χ3v) is 9.14. The number of nitrogens with two attached hydrogens (primary N) is 2. The van der Waals surface area contributed by atoms with Crippen molar-refractivity contribution in [3.05, 3.63) is 59.8 Å². The molecule has 0 spiro atoms. The number of fused-ring (bicyclic) bond motifs is 1. The highest BCUT2D eigenvalue weighted by atomic mass is 32.2. The van der Waals surface area contributed by atoms with Crippen molar-refractivity contribution in [2.75, 3.05) is 31.1 Å². The number of hydrogen-bond acceptors (Lipinski definition) is 7. The van der Waals surface area contributed by atoms with Gasteiger partial charge < -0.3 is 31.0 Å². The molecule has 12 heteroatoms. The molecule has 6 N–H and O–H groups in total. The Hall–Kier alpha value is -4.06. The molecule has 1 aliphatic rings. The quantitative estimate of drug-likeness (QED) is 0.215. The van der Waals surface area contributed by atoms with Crippen molar-refractivity contribution in [3.8, 4) is 0 Å². The molecule has 2 amide bonds. The molecule has 0 unspecified atom stereocenters. The Morgan fingerprint density at radius 2 is 1.76 bits per heavy atom. The number of amidine groups is 1. The SMILES string of the molecule is CC(C)(C)OC(=O)NCCC1CCN(C(=O)c2c(N)c3ccc(C(=N)N)cc3n2CCS(=O)(=O)c2ccccc2)CC1. The normalized spacial score (nSPS) is 14.6. The molecule has 1 fully saturated rings. The number of alkyl carbamates (subject to hydrolysis) is 1. The fourth-order valence-electron chi connectivity index (χ4n) is 5.23. The molecular weight excluding hydrogens is 556 g/mol. The van der Waals surface area contributed by atoms with Crippen LogP contribution in [0.25, 0.3) is 10.9 Å². The molecule has 0 atom stereocenters. The van der Waals surface area contributed by atoms with Gasteiger partial charge in [0.05, 0.1) is 21.9 Å². The van der Waals surface area contributed by atoms with E-state index in [9.17, 15) is 18.0 Å². The molecule has 0 bridgehead atoms. The van der Waals surface area contributed by atoms with Crippen molar-refractivity contribution in [2.45, 2.75) is 57.1 Å². The molecule has 1 aliphatic heterocycles. The van der Waals surface area contributed by atoms with Crippen LogP contribution in [0.2, 0.25) is 0 Å². The second kappa shape index (κ2) is 12.4. The first-order chi connectivity index (χ1) is 19.8. The summed E-state index contributed by atoms with van der Waals surface area (Å²) in [7, 11) is -3.64. The Labute approximate surface area is 246 Å². The number of rotatable bonds is 9. The van der Waals surface area contributed by atoms with E-state index in [1.807, 2.05) is 20.8 Å². The number of hydrogen-bond donors (Lipinski definition) is 4. The zero-order chi connectivity index (χ0) is 30.7. The van der Waals surface area contributed by atoms with Crippen molar-refractivity contribution in [3.63, 3.8) is 0 Å². The topological polar surface area (TPSA) is 174 Å². The number of aromatic nitrogens is 1. The van der Waals surface area contributed by atoms with Crippen LogP contribution in [-0.4, -0.2) is 66.7 Å². The number of nitrogens with one attached hydrogen (secondary N) is 2. The van der Waals surface area contributed by atoms with Gasteiger partial charge in [0.1, 0.15) is 17.1 Å². The van der Waals surface area contributed by atoms with Gasteiger partial charge in [-0.1, -0.05) is 24.3 Å². The minimum absolute atomic E-state index is 0.000158. The van der Waals surface area contributed by atoms with E-state index in [4.69, 9.17) is 21.6 Å². The third kappa shape index (κ3) is 7.22. The number of likely N-dealkylation sites (tertiary alicyclic amines) is 1. The van der Waals surface area contributed by atoms with Gasteiger partial charge in [0.15, 0.2) is 9.84 Å². The van der Waals surface area contributed by atoms with Crippen molar-refractivity contribution in [1.82, 2.24) is 14.8 Å². The number of nitrogens with zero attached hydrogens (tertiary/aromatic N) is 2. The zero-order valence-corrected chi connectivity index (χ0v) is 25.2. The summed E-state index contributed by atoms with van der Waals surface area (Å²) in [6.07, 6.45) is 1.85. The zero-order valence-electron chi connectivity index (χ0n) is 24.4. The van der Waals surface area contributed by atoms with E-state index >= 15 is 0 Å². The van der Waals surface area contributed by atoms with Gasteiger partial charge >= 0.3 is 6.09 Å². The summed E-state index contributed by atoms with van der Waals surface area (Å²) < 4.78 is 33.2. The lowest BCUT2D eigenvalue weighted by molar-refractivity contribution is 0.0522. The maximum atomic E-state index is 13.9. The molecule has 11 nitrogen and oxygen atoms in total. The second-order valence-corrected chi connectivity index (χ2v) is 13.8. The summed E-state index contributed by atoms with van der Waals surface area (Å²) in [6.45, 7) is 6.96. The Morgan fingerprint density at radius 1 is 1.10 bits per heavy atom. The van der Waals surface area contributed by atoms with Crippen LogP contribution < -0.4 is 16.8 Å². The van der Waals surface area contributed by atoms with Crippen molar-refractivity contribution < 1.29 is 22.7 Å². The summed E-state index contributed by atoms with van der Waals surface area (Å²) in [6, 6.07) is 13.2. The smallest absolute Gasteiger partial charge is 0.407 e. The summed E-state index contributed by atoms with van der Waals surface area (Å²) in [5.41, 5.74) is 13.2. The van der Waals surface area contributed by atoms with Crippen LogP contribution in [0, 0.1) is 11.3 Å². The Morgan fingerprint density at radius 3 is 2.38 bits per heavy atom. The molecule has 226 valence electrons. The number of anilines is 1. The monoisotopic (exact) mass is 596 g/mol. The Bertz CT molecular complexity index is 1570. The first-order valence-electron chi connectivity index (χ1n) is 14.1. The molecule has 2 aromatic carbocycles. The molecule has 0 saturated carbocycles. The Kier molecular flexibility index (Phi) is 9.15. The largest absolute Gasteiger partial charge is 0.444 e. The fraction of sp³-hybridized carbons (Fsp3) is 0.433. The number of carbonyl (C=O) groups is 2. The number of amides is 2. The molecule has 1 saturated heterocycles. The van der Waals surface area contributed by atoms with Gasteiger partial charge in [0.25, 0.3) is 5.91 Å². The van der Waals surface area contributed by atoms with Gasteiger partial charge in [-0.15, -0.1) is 0 Å². The molecule has 1 aromatic heterocycles. The lowest BCUT2D eigenvalue weighted by atomic mass is 9.93. The van der Waals surface area contributed by atoms with Gasteiger partial charge in [-0.25, -0.2) is 13.2 Å². The maximum absolute atomic E-state index is 13.9. The predicted octanol–water partition coefficient (Wildman–Crippen LogP) is 3.75. The number of aryl methyl sites for hydroxylation is 1. The number of piperidine rings is 1. The summed E-state index contributed by atoms with van der Waals surface area (Å²) in [5.74, 6) is -0.314. The van der Waals surface area contributed by atoms with E-state index in [2.05, 4.69) is 5.32 Å². The summed E-state index contributed by atoms with van der Waals surface area (Å²) in [4.78, 5) is 27.8. The lowest BCUT2D eigenvalue weighted by Gasteiger charge is -2.32. The standard InChI is InChI=1S/C30H40N6O5S/c1-30(2,3)41-29(38)34-14-11-20-12-15-35(16-13-20)28(37)26-25(31)23-10-9-21(27(32)33)19-24(23)36(26)17-18-42(39,40)22-7-5-4-6-8-22/h4-10,19-20H,11-18,31H2,1-3H3,(H3,32,33)(H,34,38). The predicted molar refractivity (Wildman–Crippen MR) is 163 cm³/mol. The van der Waals surface area contributed by atoms with E-state index < -0.39 is 21.5 Å². The van der Waals surface area contributed by atoms with Crippen LogP contribution in [0.4, 0.5) is 10.5 Å². The highest BCUT2D eigenvalue weighted by Gasteiger charge is 2.30. The highest BCUT2D eigenvalue weighted by Crippen LogP contribution is 2.32. The first kappa shape index (κ1) is 30.9. The fourth-order valence-corrected chi connectivity index (χ4v) is 6.46. The number of sulfone groups is 1. The minimum Gasteiger partial charge on any atom is -0.444 e. The molecular formula is C30H40N6O5S. The lowest BCUT2D eigenvalue weighted by Crippen LogP contribution is -2.40. The molecule has 0 aliphatic carbocycles. The van der Waals surface area contributed by atoms with Crippen LogP contribution in [-0.2, 0) is 21.1 Å². The second-order valence-electron chi connectivity index (χ2n) is 11.6. The summed E-state index contributed by atoms with van der Waals surface area (Å²) >= 11 is 0. The maximum Gasteiger partial charge on any atom is 0.407 e. The van der Waals surface area contributed by atoms with E-state index in [1.54, 1.807) is 58.0 Å². The molecule has 2 heterocycles. The van der Waals surface area contributed by atoms with E-state index in [-0.39, 0.29) is 40.3 Å². The summed E-state index contributed by atoms with van der Waals surface area (Å²) in [5, 5.41) is 11.3. The van der Waals surface area contributed by atoms with Crippen molar-refractivity contribution in [1.29, 1.82) is 5.41 Å². The Balaban J connectivity index is 1.52. The minimum atomic E-state index is -3.64.